The van der Waals surface area contributed by atoms with Crippen LogP contribution in [0, 0.1) is 0 Å². The topological polar surface area (TPSA) is 170 Å². The number of unbranched alkanes of at least 4 members (excludes halogenated alkanes) is 1. The number of hydrogen-bond acceptors (Lipinski definition) is 10. The number of benzene rings is 2. The van der Waals surface area contributed by atoms with Crippen LogP contribution in [-0.2, 0) is 16.1 Å². The molecule has 1 unspecified atom stereocenters. The Morgan fingerprint density at radius 1 is 0.891 bits per heavy atom. The third-order valence-corrected chi connectivity index (χ3v) is 10.8. The van der Waals surface area contributed by atoms with Gasteiger partial charge >= 0.3 is 0 Å². The van der Waals surface area contributed by atoms with Gasteiger partial charge in [0.15, 0.2) is 0 Å². The Labute approximate surface area is 318 Å². The van der Waals surface area contributed by atoms with Crippen molar-refractivity contribution in [2.45, 2.75) is 63.5 Å². The third kappa shape index (κ3) is 7.63. The Morgan fingerprint density at radius 3 is 2.49 bits per heavy atom. The van der Waals surface area contributed by atoms with Crippen LogP contribution in [-0.4, -0.2) is 90.4 Å². The summed E-state index contributed by atoms with van der Waals surface area (Å²) in [5.41, 5.74) is 6.14. The van der Waals surface area contributed by atoms with Gasteiger partial charge in [0.1, 0.15) is 11.7 Å². The van der Waals surface area contributed by atoms with Crippen LogP contribution in [0.2, 0.25) is 0 Å². The number of aromatic amines is 1. The van der Waals surface area contributed by atoms with Crippen LogP contribution >= 0.6 is 0 Å². The van der Waals surface area contributed by atoms with Crippen LogP contribution in [0.25, 0.3) is 22.3 Å². The summed E-state index contributed by atoms with van der Waals surface area (Å²) in [6.07, 6.45) is 12.9. The average Bonchev–Trinajstić information content (AvgIpc) is 3.93. The van der Waals surface area contributed by atoms with Gasteiger partial charge in [0.2, 0.25) is 17.8 Å². The van der Waals surface area contributed by atoms with Crippen LogP contribution in [0.1, 0.15) is 77.1 Å². The van der Waals surface area contributed by atoms with Crippen LogP contribution in [0.4, 0.5) is 17.3 Å². The number of likely N-dealkylation sites (tertiary alicyclic amines) is 1. The molecule has 3 aromatic heterocycles. The van der Waals surface area contributed by atoms with Crippen LogP contribution in [0.15, 0.2) is 79.8 Å². The van der Waals surface area contributed by atoms with Crippen molar-refractivity contribution in [1.29, 1.82) is 0 Å². The summed E-state index contributed by atoms with van der Waals surface area (Å²) in [5, 5.41) is 14.5. The molecule has 14 nitrogen and oxygen atoms in total. The molecule has 1 atom stereocenters. The lowest BCUT2D eigenvalue weighted by atomic mass is 9.89. The monoisotopic (exact) mass is 740 g/mol. The minimum absolute atomic E-state index is 0.0961. The number of piperidine rings is 2. The summed E-state index contributed by atoms with van der Waals surface area (Å²) in [6, 6.07) is 14.8. The summed E-state index contributed by atoms with van der Waals surface area (Å²) in [6.45, 7) is 8.45. The van der Waals surface area contributed by atoms with Gasteiger partial charge in [-0.05, 0) is 106 Å². The number of amides is 4. The average molecular weight is 741 g/mol. The van der Waals surface area contributed by atoms with E-state index in [0.29, 0.717) is 11.9 Å². The van der Waals surface area contributed by atoms with Gasteiger partial charge in [0.05, 0.1) is 23.0 Å². The molecule has 5 aromatic rings. The molecule has 14 heteroatoms. The summed E-state index contributed by atoms with van der Waals surface area (Å²) in [4.78, 5) is 66.3. The first-order valence-electron chi connectivity index (χ1n) is 19.0. The van der Waals surface area contributed by atoms with Crippen molar-refractivity contribution >= 4 is 52.0 Å². The first-order chi connectivity index (χ1) is 26.8. The highest BCUT2D eigenvalue weighted by atomic mass is 16.2. The van der Waals surface area contributed by atoms with Gasteiger partial charge in [-0.15, -0.1) is 6.58 Å². The maximum absolute atomic E-state index is 13.1. The quantitative estimate of drug-likeness (QED) is 0.0637. The summed E-state index contributed by atoms with van der Waals surface area (Å²) >= 11 is 0. The van der Waals surface area contributed by atoms with Crippen molar-refractivity contribution in [3.05, 3.63) is 96.5 Å². The normalized spacial score (nSPS) is 17.8. The summed E-state index contributed by atoms with van der Waals surface area (Å²) < 4.78 is 1.91. The number of nitrogens with zero attached hydrogens (tertiary/aromatic N) is 6. The molecule has 0 spiro atoms. The van der Waals surface area contributed by atoms with Gasteiger partial charge in [-0.1, -0.05) is 18.2 Å². The Bertz CT molecular complexity index is 2250. The van der Waals surface area contributed by atoms with E-state index in [2.05, 4.69) is 61.8 Å². The lowest BCUT2D eigenvalue weighted by Crippen LogP contribution is -2.54. The van der Waals surface area contributed by atoms with Crippen molar-refractivity contribution in [3.8, 4) is 11.3 Å². The van der Waals surface area contributed by atoms with Gasteiger partial charge < -0.3 is 20.5 Å². The van der Waals surface area contributed by atoms with E-state index >= 15 is 0 Å². The molecule has 0 aliphatic carbocycles. The Morgan fingerprint density at radius 2 is 1.69 bits per heavy atom. The minimum Gasteiger partial charge on any atom is -0.385 e. The molecule has 2 aromatic carbocycles. The minimum atomic E-state index is -0.965. The van der Waals surface area contributed by atoms with Crippen molar-refractivity contribution in [2.24, 2.45) is 0 Å². The Hall–Kier alpha value is -6.15. The van der Waals surface area contributed by atoms with Crippen LogP contribution in [0.5, 0.6) is 0 Å². The summed E-state index contributed by atoms with van der Waals surface area (Å²) in [5.74, 6) is -0.946. The molecule has 3 aliphatic rings. The smallest absolute Gasteiger partial charge is 0.262 e. The molecule has 2 fully saturated rings. The molecule has 6 heterocycles. The summed E-state index contributed by atoms with van der Waals surface area (Å²) in [7, 11) is 0. The highest BCUT2D eigenvalue weighted by Crippen LogP contribution is 2.32. The number of H-pyrrole nitrogens is 1. The molecule has 2 saturated heterocycles. The van der Waals surface area contributed by atoms with E-state index in [-0.39, 0.29) is 29.9 Å². The van der Waals surface area contributed by atoms with Gasteiger partial charge in [-0.2, -0.15) is 10.1 Å². The molecular weight excluding hydrogens is 697 g/mol. The zero-order valence-electron chi connectivity index (χ0n) is 30.6. The number of aromatic nitrogens is 5. The van der Waals surface area contributed by atoms with E-state index in [1.54, 1.807) is 18.2 Å². The fourth-order valence-electron chi connectivity index (χ4n) is 7.78. The van der Waals surface area contributed by atoms with E-state index < -0.39 is 23.8 Å². The van der Waals surface area contributed by atoms with Crippen molar-refractivity contribution in [1.82, 2.24) is 39.8 Å². The molecule has 8 rings (SSSR count). The fraction of sp³-hybridized carbons (Fsp3) is 0.341. The maximum atomic E-state index is 13.1. The SMILES string of the molecule is C=CCCn1cc(-c2nc(Nc3ccc(C4CCN(CCCCNc5ccc6c(c5)C(=O)N(C5CCC(=O)NC5=O)C6=O)CC4)cc3)nc3[nH]ccc23)cn1. The van der Waals surface area contributed by atoms with Gasteiger partial charge in [0.25, 0.3) is 11.8 Å². The van der Waals surface area contributed by atoms with E-state index in [4.69, 9.17) is 9.97 Å². The predicted octanol–water partition coefficient (Wildman–Crippen LogP) is 5.61. The molecule has 55 heavy (non-hydrogen) atoms. The maximum Gasteiger partial charge on any atom is 0.262 e. The number of nitrogens with one attached hydrogen (secondary N) is 4. The van der Waals surface area contributed by atoms with Crippen LogP contribution in [0.3, 0.4) is 0 Å². The van der Waals surface area contributed by atoms with Crippen molar-refractivity contribution in [2.75, 3.05) is 36.8 Å². The van der Waals surface area contributed by atoms with E-state index in [9.17, 15) is 19.2 Å². The number of imide groups is 2. The number of hydrogen-bond donors (Lipinski definition) is 4. The zero-order valence-corrected chi connectivity index (χ0v) is 30.6. The first kappa shape index (κ1) is 35.9. The second kappa shape index (κ2) is 15.7. The predicted molar refractivity (Wildman–Crippen MR) is 209 cm³/mol. The molecule has 4 N–H and O–H groups in total. The number of rotatable bonds is 14. The van der Waals surface area contributed by atoms with E-state index in [0.717, 1.165) is 103 Å². The van der Waals surface area contributed by atoms with Crippen LogP contribution < -0.4 is 16.0 Å². The fourth-order valence-corrected chi connectivity index (χ4v) is 7.78. The molecular formula is C41H44N10O4. The Kier molecular flexibility index (Phi) is 10.2. The van der Waals surface area contributed by atoms with Gasteiger partial charge in [-0.25, -0.2) is 4.98 Å². The highest BCUT2D eigenvalue weighted by Gasteiger charge is 2.44. The number of allylic oxidation sites excluding steroid dienone is 1. The van der Waals surface area contributed by atoms with Crippen molar-refractivity contribution < 1.29 is 19.2 Å². The molecule has 282 valence electrons. The largest absolute Gasteiger partial charge is 0.385 e. The van der Waals surface area contributed by atoms with Crippen molar-refractivity contribution in [3.63, 3.8) is 0 Å². The molecule has 4 amide bonds. The molecule has 0 saturated carbocycles. The second-order valence-electron chi connectivity index (χ2n) is 14.4. The number of carbonyl (C=O) groups is 4. The molecule has 3 aliphatic heterocycles. The number of carbonyl (C=O) groups excluding carboxylic acids is 4. The van der Waals surface area contributed by atoms with E-state index in [1.807, 2.05) is 35.4 Å². The zero-order chi connectivity index (χ0) is 37.9. The third-order valence-electron chi connectivity index (χ3n) is 10.8. The highest BCUT2D eigenvalue weighted by molar-refractivity contribution is 6.23. The lowest BCUT2D eigenvalue weighted by Gasteiger charge is -2.32. The number of fused-ring (bicyclic) bond motifs is 2. The standard InChI is InChI=1S/C41H44N10O4/c1-2-3-20-50-25-28(24-44-50)36-32-14-18-43-37(32)48-41(47-36)45-29-8-6-26(7-9-29)27-15-21-49(22-16-27)19-5-4-17-42-30-10-11-31-33(23-30)40(55)51(39(31)54)34-12-13-35(52)46-38(34)53/h2,6-11,14,18,23-25,27,34,42H,1,3-5,12-13,15-17,19-22H2,(H,46,52,53)(H2,43,45,47,48). The van der Waals surface area contributed by atoms with E-state index in [1.165, 1.54) is 5.56 Å². The lowest BCUT2D eigenvalue weighted by molar-refractivity contribution is -0.136. The van der Waals surface area contributed by atoms with Gasteiger partial charge in [0, 0.05) is 54.2 Å². The molecule has 0 radical (unpaired) electrons. The molecule has 0 bridgehead atoms. The Balaban J connectivity index is 0.782. The van der Waals surface area contributed by atoms with Gasteiger partial charge in [-0.3, -0.25) is 34.1 Å². The first-order valence-corrected chi connectivity index (χ1v) is 19.0. The number of aryl methyl sites for hydroxylation is 1. The number of anilines is 3. The second-order valence-corrected chi connectivity index (χ2v) is 14.4.